The fourth-order valence-electron chi connectivity index (χ4n) is 2.29. The summed E-state index contributed by atoms with van der Waals surface area (Å²) in [5.74, 6) is 2.31. The third-order valence-corrected chi connectivity index (χ3v) is 5.31. The molecule has 0 spiro atoms. The van der Waals surface area contributed by atoms with Crippen molar-refractivity contribution in [2.24, 2.45) is 5.92 Å². The highest BCUT2D eigenvalue weighted by Crippen LogP contribution is 2.35. The predicted molar refractivity (Wildman–Crippen MR) is 82.5 cm³/mol. The van der Waals surface area contributed by atoms with E-state index in [0.717, 1.165) is 37.5 Å². The molecule has 2 unspecified atom stereocenters. The van der Waals surface area contributed by atoms with Gasteiger partial charge in [-0.2, -0.15) is 11.8 Å². The van der Waals surface area contributed by atoms with E-state index in [4.69, 9.17) is 4.74 Å². The fourth-order valence-corrected chi connectivity index (χ4v) is 3.26. The summed E-state index contributed by atoms with van der Waals surface area (Å²) in [4.78, 5) is 0. The zero-order chi connectivity index (χ0) is 13.1. The lowest BCUT2D eigenvalue weighted by molar-refractivity contribution is 0.125. The van der Waals surface area contributed by atoms with Gasteiger partial charge >= 0.3 is 0 Å². The zero-order valence-electron chi connectivity index (χ0n) is 12.2. The molecule has 1 aliphatic rings. The van der Waals surface area contributed by atoms with E-state index in [1.54, 1.807) is 0 Å². The van der Waals surface area contributed by atoms with Crippen LogP contribution in [0.25, 0.3) is 0 Å². The number of hydrogen-bond acceptors (Lipinski definition) is 3. The van der Waals surface area contributed by atoms with E-state index in [0.29, 0.717) is 0 Å². The predicted octanol–water partition coefficient (Wildman–Crippen LogP) is 3.70. The minimum atomic E-state index is 0.920. The van der Waals surface area contributed by atoms with Gasteiger partial charge in [0.2, 0.25) is 0 Å². The molecule has 1 N–H and O–H groups in total. The van der Waals surface area contributed by atoms with Gasteiger partial charge in [0.25, 0.3) is 0 Å². The van der Waals surface area contributed by atoms with Gasteiger partial charge < -0.3 is 10.1 Å². The maximum absolute atomic E-state index is 5.66. The minimum absolute atomic E-state index is 0.920. The highest BCUT2D eigenvalue weighted by molar-refractivity contribution is 8.01. The number of hydrogen-bond donors (Lipinski definition) is 1. The van der Waals surface area contributed by atoms with Crippen LogP contribution < -0.4 is 5.32 Å². The Hall–Kier alpha value is 0.270. The molecule has 0 aromatic rings. The molecule has 0 aromatic carbocycles. The summed E-state index contributed by atoms with van der Waals surface area (Å²) in [7, 11) is 0. The molecule has 0 bridgehead atoms. The first-order valence-electron chi connectivity index (χ1n) is 7.74. The molecule has 108 valence electrons. The van der Waals surface area contributed by atoms with Gasteiger partial charge in [0.1, 0.15) is 0 Å². The molecule has 0 saturated carbocycles. The van der Waals surface area contributed by atoms with Crippen LogP contribution in [0.15, 0.2) is 0 Å². The molecule has 0 radical (unpaired) electrons. The normalized spacial score (nSPS) is 20.7. The lowest BCUT2D eigenvalue weighted by atomic mass is 9.98. The van der Waals surface area contributed by atoms with Crippen LogP contribution in [-0.4, -0.2) is 37.3 Å². The summed E-state index contributed by atoms with van der Waals surface area (Å²) in [5, 5.41) is 4.31. The first kappa shape index (κ1) is 16.3. The molecule has 1 heterocycles. The quantitative estimate of drug-likeness (QED) is 0.548. The van der Waals surface area contributed by atoms with E-state index in [2.05, 4.69) is 30.9 Å². The summed E-state index contributed by atoms with van der Waals surface area (Å²) in [6.45, 7) is 8.69. The fraction of sp³-hybridized carbons (Fsp3) is 1.00. The van der Waals surface area contributed by atoms with Crippen molar-refractivity contribution in [3.63, 3.8) is 0 Å². The van der Waals surface area contributed by atoms with Gasteiger partial charge in [0.05, 0.1) is 0 Å². The van der Waals surface area contributed by atoms with E-state index in [9.17, 15) is 0 Å². The number of unbranched alkanes of at least 4 members (excludes halogenated alkanes) is 2. The lowest BCUT2D eigenvalue weighted by Gasteiger charge is -2.30. The first-order chi connectivity index (χ1) is 8.84. The highest BCUT2D eigenvalue weighted by Gasteiger charge is 2.23. The largest absolute Gasteiger partial charge is 0.381 e. The molecule has 1 rings (SSSR count). The van der Waals surface area contributed by atoms with Crippen molar-refractivity contribution in [2.75, 3.05) is 32.1 Å². The number of rotatable bonds is 12. The summed E-state index contributed by atoms with van der Waals surface area (Å²) in [5.41, 5.74) is 0. The van der Waals surface area contributed by atoms with Crippen molar-refractivity contribution in [1.82, 2.24) is 5.32 Å². The molecule has 1 saturated heterocycles. The van der Waals surface area contributed by atoms with Crippen molar-refractivity contribution in [2.45, 2.75) is 57.6 Å². The molecule has 0 aromatic heterocycles. The highest BCUT2D eigenvalue weighted by atomic mass is 32.2. The van der Waals surface area contributed by atoms with Crippen LogP contribution in [0.5, 0.6) is 0 Å². The molecule has 1 aliphatic heterocycles. The standard InChI is InChI=1S/C15H31NOS/c1-3-16-10-5-7-12-17-11-6-4-8-14(2)15-9-13-18-15/h14-16H,3-13H2,1-2H3. The molecule has 0 amide bonds. The summed E-state index contributed by atoms with van der Waals surface area (Å²) in [6.07, 6.45) is 7.87. The van der Waals surface area contributed by atoms with Crippen LogP contribution in [-0.2, 0) is 4.74 Å². The second-order valence-corrected chi connectivity index (χ2v) is 6.69. The Morgan fingerprint density at radius 3 is 2.56 bits per heavy atom. The Kier molecular flexibility index (Phi) is 10.1. The average molecular weight is 273 g/mol. The number of ether oxygens (including phenoxy) is 1. The van der Waals surface area contributed by atoms with Gasteiger partial charge in [-0.15, -0.1) is 0 Å². The first-order valence-corrected chi connectivity index (χ1v) is 8.79. The second kappa shape index (κ2) is 11.1. The van der Waals surface area contributed by atoms with Crippen LogP contribution >= 0.6 is 11.8 Å². The molecule has 2 atom stereocenters. The van der Waals surface area contributed by atoms with Crippen molar-refractivity contribution in [3.05, 3.63) is 0 Å². The van der Waals surface area contributed by atoms with Gasteiger partial charge in [-0.1, -0.05) is 20.3 Å². The summed E-state index contributed by atoms with van der Waals surface area (Å²) in [6, 6.07) is 0. The molecule has 0 aliphatic carbocycles. The smallest absolute Gasteiger partial charge is 0.0466 e. The monoisotopic (exact) mass is 273 g/mol. The number of nitrogens with one attached hydrogen (secondary N) is 1. The zero-order valence-corrected chi connectivity index (χ0v) is 13.1. The lowest BCUT2D eigenvalue weighted by Crippen LogP contribution is -2.23. The molecule has 2 nitrogen and oxygen atoms in total. The Labute approximate surface area is 118 Å². The maximum atomic E-state index is 5.66. The molecule has 18 heavy (non-hydrogen) atoms. The third-order valence-electron chi connectivity index (χ3n) is 3.71. The van der Waals surface area contributed by atoms with Crippen LogP contribution in [0.2, 0.25) is 0 Å². The van der Waals surface area contributed by atoms with Gasteiger partial charge in [0, 0.05) is 18.5 Å². The van der Waals surface area contributed by atoms with Crippen LogP contribution in [0, 0.1) is 5.92 Å². The van der Waals surface area contributed by atoms with Gasteiger partial charge in [-0.25, -0.2) is 0 Å². The van der Waals surface area contributed by atoms with Gasteiger partial charge in [-0.3, -0.25) is 0 Å². The van der Waals surface area contributed by atoms with E-state index < -0.39 is 0 Å². The Morgan fingerprint density at radius 2 is 1.94 bits per heavy atom. The van der Waals surface area contributed by atoms with Crippen molar-refractivity contribution in [1.29, 1.82) is 0 Å². The van der Waals surface area contributed by atoms with E-state index in [1.807, 2.05) is 0 Å². The molecule has 1 fully saturated rings. The average Bonchev–Trinajstić information content (AvgIpc) is 2.29. The van der Waals surface area contributed by atoms with Gasteiger partial charge in [-0.05, 0) is 56.9 Å². The SMILES string of the molecule is CCNCCCCOCCCCC(C)C1CCS1. The number of thioether (sulfide) groups is 1. The van der Waals surface area contributed by atoms with E-state index >= 15 is 0 Å². The van der Waals surface area contributed by atoms with E-state index in [1.165, 1.54) is 44.3 Å². The third kappa shape index (κ3) is 7.65. The maximum Gasteiger partial charge on any atom is 0.0466 e. The Bertz CT molecular complexity index is 185. The van der Waals surface area contributed by atoms with Crippen molar-refractivity contribution >= 4 is 11.8 Å². The molecule has 3 heteroatoms. The topological polar surface area (TPSA) is 21.3 Å². The van der Waals surface area contributed by atoms with Crippen molar-refractivity contribution in [3.8, 4) is 0 Å². The minimum Gasteiger partial charge on any atom is -0.381 e. The van der Waals surface area contributed by atoms with E-state index in [-0.39, 0.29) is 0 Å². The van der Waals surface area contributed by atoms with Crippen LogP contribution in [0.4, 0.5) is 0 Å². The van der Waals surface area contributed by atoms with Gasteiger partial charge in [0.15, 0.2) is 0 Å². The molecular formula is C15H31NOS. The van der Waals surface area contributed by atoms with Crippen LogP contribution in [0.3, 0.4) is 0 Å². The Morgan fingerprint density at radius 1 is 1.22 bits per heavy atom. The Balaban J connectivity index is 1.73. The van der Waals surface area contributed by atoms with Crippen molar-refractivity contribution < 1.29 is 4.74 Å². The second-order valence-electron chi connectivity index (χ2n) is 5.34. The summed E-state index contributed by atoms with van der Waals surface area (Å²) < 4.78 is 5.66. The molecular weight excluding hydrogens is 242 g/mol. The summed E-state index contributed by atoms with van der Waals surface area (Å²) >= 11 is 2.16. The van der Waals surface area contributed by atoms with Crippen LogP contribution in [0.1, 0.15) is 52.4 Å².